The van der Waals surface area contributed by atoms with Gasteiger partial charge in [-0.3, -0.25) is 0 Å². The van der Waals surface area contributed by atoms with Crippen molar-refractivity contribution in [3.05, 3.63) is 53.6 Å². The van der Waals surface area contributed by atoms with Crippen LogP contribution in [0.5, 0.6) is 11.5 Å². The fourth-order valence-corrected chi connectivity index (χ4v) is 6.01. The van der Waals surface area contributed by atoms with Crippen LogP contribution in [-0.4, -0.2) is 75.3 Å². The van der Waals surface area contributed by atoms with Crippen LogP contribution in [0.1, 0.15) is 38.3 Å². The van der Waals surface area contributed by atoms with Gasteiger partial charge in [-0.05, 0) is 57.3 Å². The molecule has 0 amide bonds. The lowest BCUT2D eigenvalue weighted by Crippen LogP contribution is -2.49. The van der Waals surface area contributed by atoms with E-state index in [9.17, 15) is 13.5 Å². The first-order chi connectivity index (χ1) is 16.7. The van der Waals surface area contributed by atoms with Crippen LogP contribution < -0.4 is 9.47 Å². The fourth-order valence-electron chi connectivity index (χ4n) is 4.19. The highest BCUT2D eigenvalue weighted by atomic mass is 32.2. The third kappa shape index (κ3) is 6.36. The maximum atomic E-state index is 13.6. The van der Waals surface area contributed by atoms with Gasteiger partial charge in [-0.1, -0.05) is 37.8 Å². The smallest absolute Gasteiger partial charge is 0.247 e. The topological polar surface area (TPSA) is 79.3 Å². The highest BCUT2D eigenvalue weighted by Crippen LogP contribution is 2.34. The maximum absolute atomic E-state index is 13.6. The van der Waals surface area contributed by atoms with Gasteiger partial charge in [-0.25, -0.2) is 8.42 Å². The third-order valence-corrected chi connectivity index (χ3v) is 8.23. The largest absolute Gasteiger partial charge is 0.495 e. The molecule has 0 bridgehead atoms. The average molecular weight is 501 g/mol. The summed E-state index contributed by atoms with van der Waals surface area (Å²) in [6.07, 6.45) is 0.783. The Hall–Kier alpha value is -2.57. The number of nitrogens with zero attached hydrogens (tertiary/aromatic N) is 2. The molecular weight excluding hydrogens is 464 g/mol. The minimum atomic E-state index is -3.88. The summed E-state index contributed by atoms with van der Waals surface area (Å²) in [7, 11) is -0.238. The van der Waals surface area contributed by atoms with E-state index in [2.05, 4.69) is 23.7 Å². The molecule has 1 N–H and O–H groups in total. The number of aliphatic hydroxyl groups is 1. The number of sulfonamides is 1. The van der Waals surface area contributed by atoms with Crippen LogP contribution in [0.4, 0.5) is 0 Å². The van der Waals surface area contributed by atoms with Crippen LogP contribution in [0.15, 0.2) is 47.4 Å². The lowest BCUT2D eigenvalue weighted by Gasteiger charge is -2.37. The SMILES string of the molecule is CCCN(C)C[C@H]1Oc2cc(C#Cc3ccccc3OC)ccc2S(=O)(=O)N([C@@H](C)CO)C[C@H]1C. The average Bonchev–Trinajstić information content (AvgIpc) is 2.84. The van der Waals surface area contributed by atoms with Crippen LogP contribution in [0.2, 0.25) is 0 Å². The Bertz CT molecular complexity index is 1170. The van der Waals surface area contributed by atoms with E-state index in [0.717, 1.165) is 18.5 Å². The number of aliphatic hydroxyl groups excluding tert-OH is 1. The number of methoxy groups -OCH3 is 1. The van der Waals surface area contributed by atoms with Crippen molar-refractivity contribution in [2.75, 3.05) is 40.4 Å². The van der Waals surface area contributed by atoms with E-state index in [1.165, 1.54) is 4.31 Å². The van der Waals surface area contributed by atoms with E-state index in [-0.39, 0.29) is 35.8 Å². The maximum Gasteiger partial charge on any atom is 0.247 e. The molecule has 7 nitrogen and oxygen atoms in total. The molecule has 0 aliphatic carbocycles. The van der Waals surface area contributed by atoms with E-state index in [1.54, 1.807) is 32.2 Å². The molecule has 0 saturated heterocycles. The molecule has 0 fully saturated rings. The predicted molar refractivity (Wildman–Crippen MR) is 137 cm³/mol. The molecule has 0 unspecified atom stereocenters. The molecule has 190 valence electrons. The van der Waals surface area contributed by atoms with E-state index in [0.29, 0.717) is 17.9 Å². The Kier molecular flexibility index (Phi) is 9.20. The number of hydrogen-bond acceptors (Lipinski definition) is 6. The lowest BCUT2D eigenvalue weighted by molar-refractivity contribution is 0.0752. The zero-order chi connectivity index (χ0) is 25.6. The summed E-state index contributed by atoms with van der Waals surface area (Å²) < 4.78 is 40.4. The van der Waals surface area contributed by atoms with Gasteiger partial charge in [0.05, 0.1) is 19.3 Å². The Labute approximate surface area is 209 Å². The molecule has 0 radical (unpaired) electrons. The molecule has 3 atom stereocenters. The van der Waals surface area contributed by atoms with E-state index in [4.69, 9.17) is 9.47 Å². The molecule has 0 spiro atoms. The standard InChI is InChI=1S/C27H36N2O5S/c1-6-15-28(4)18-26-20(2)17-29(21(3)19-30)35(31,32)27-14-12-22(16-25(27)34-26)11-13-23-9-7-8-10-24(23)33-5/h7-10,12,14,16,20-21,26,30H,6,15,17-19H2,1-5H3/t20-,21+,26-/m1/s1. The van der Waals surface area contributed by atoms with E-state index >= 15 is 0 Å². The van der Waals surface area contributed by atoms with Gasteiger partial charge in [-0.15, -0.1) is 0 Å². The van der Waals surface area contributed by atoms with Crippen molar-refractivity contribution in [1.82, 2.24) is 9.21 Å². The quantitative estimate of drug-likeness (QED) is 0.589. The molecule has 1 heterocycles. The Morgan fingerprint density at radius 1 is 1.26 bits per heavy atom. The van der Waals surface area contributed by atoms with Crippen LogP contribution >= 0.6 is 0 Å². The van der Waals surface area contributed by atoms with Crippen LogP contribution in [0, 0.1) is 17.8 Å². The lowest BCUT2D eigenvalue weighted by atomic mass is 10.0. The number of rotatable bonds is 7. The summed E-state index contributed by atoms with van der Waals surface area (Å²) in [5.41, 5.74) is 1.38. The summed E-state index contributed by atoms with van der Waals surface area (Å²) in [6, 6.07) is 11.9. The Morgan fingerprint density at radius 2 is 2.00 bits per heavy atom. The monoisotopic (exact) mass is 500 g/mol. The Morgan fingerprint density at radius 3 is 2.69 bits per heavy atom. The van der Waals surface area contributed by atoms with Crippen LogP contribution in [0.3, 0.4) is 0 Å². The molecule has 8 heteroatoms. The van der Waals surface area contributed by atoms with E-state index < -0.39 is 16.1 Å². The second-order valence-corrected chi connectivity index (χ2v) is 11.0. The molecule has 0 aromatic heterocycles. The predicted octanol–water partition coefficient (Wildman–Crippen LogP) is 3.21. The number of para-hydroxylation sites is 1. The fraction of sp³-hybridized carbons (Fsp3) is 0.481. The molecule has 35 heavy (non-hydrogen) atoms. The Balaban J connectivity index is 2.07. The molecule has 1 aliphatic heterocycles. The molecule has 2 aromatic rings. The van der Waals surface area contributed by atoms with Gasteiger partial charge in [0, 0.05) is 30.6 Å². The van der Waals surface area contributed by atoms with Crippen molar-refractivity contribution in [3.8, 4) is 23.3 Å². The van der Waals surface area contributed by atoms with Crippen molar-refractivity contribution >= 4 is 10.0 Å². The van der Waals surface area contributed by atoms with Crippen molar-refractivity contribution in [2.24, 2.45) is 5.92 Å². The summed E-state index contributed by atoms with van der Waals surface area (Å²) in [6.45, 7) is 7.42. The molecular formula is C27H36N2O5S. The van der Waals surface area contributed by atoms with Gasteiger partial charge in [0.15, 0.2) is 0 Å². The van der Waals surface area contributed by atoms with Crippen LogP contribution in [-0.2, 0) is 10.0 Å². The van der Waals surface area contributed by atoms with Crippen LogP contribution in [0.25, 0.3) is 0 Å². The first kappa shape index (κ1) is 27.0. The van der Waals surface area contributed by atoms with E-state index in [1.807, 2.05) is 38.2 Å². The van der Waals surface area contributed by atoms with Gasteiger partial charge in [-0.2, -0.15) is 4.31 Å². The highest BCUT2D eigenvalue weighted by Gasteiger charge is 2.38. The van der Waals surface area contributed by atoms with Gasteiger partial charge in [0.2, 0.25) is 10.0 Å². The van der Waals surface area contributed by atoms with Gasteiger partial charge >= 0.3 is 0 Å². The second-order valence-electron chi connectivity index (χ2n) is 9.11. The van der Waals surface area contributed by atoms with Crippen molar-refractivity contribution < 1.29 is 23.0 Å². The molecule has 1 aliphatic rings. The summed E-state index contributed by atoms with van der Waals surface area (Å²) in [4.78, 5) is 2.29. The highest BCUT2D eigenvalue weighted by molar-refractivity contribution is 7.89. The number of ether oxygens (including phenoxy) is 2. The van der Waals surface area contributed by atoms with Crippen molar-refractivity contribution in [2.45, 2.75) is 44.2 Å². The van der Waals surface area contributed by atoms with Gasteiger partial charge in [0.1, 0.15) is 22.5 Å². The number of likely N-dealkylation sites (N-methyl/N-ethyl adjacent to an activating group) is 1. The molecule has 0 saturated carbocycles. The minimum absolute atomic E-state index is 0.0884. The van der Waals surface area contributed by atoms with Gasteiger partial charge in [0.25, 0.3) is 0 Å². The number of fused-ring (bicyclic) bond motifs is 1. The number of benzene rings is 2. The first-order valence-electron chi connectivity index (χ1n) is 12.0. The summed E-state index contributed by atoms with van der Waals surface area (Å²) in [5.74, 6) is 7.09. The minimum Gasteiger partial charge on any atom is -0.495 e. The van der Waals surface area contributed by atoms with Gasteiger partial charge < -0.3 is 19.5 Å². The van der Waals surface area contributed by atoms with Crippen molar-refractivity contribution in [3.63, 3.8) is 0 Å². The first-order valence-corrected chi connectivity index (χ1v) is 13.4. The summed E-state index contributed by atoms with van der Waals surface area (Å²) in [5, 5.41) is 9.79. The normalized spacial score (nSPS) is 20.5. The van der Waals surface area contributed by atoms with Crippen molar-refractivity contribution in [1.29, 1.82) is 0 Å². The number of hydrogen-bond donors (Lipinski definition) is 1. The third-order valence-electron chi connectivity index (χ3n) is 6.21. The molecule has 3 rings (SSSR count). The second kappa shape index (κ2) is 11.9. The zero-order valence-corrected chi connectivity index (χ0v) is 22.0. The zero-order valence-electron chi connectivity index (χ0n) is 21.2. The summed E-state index contributed by atoms with van der Waals surface area (Å²) >= 11 is 0. The molecule has 2 aromatic carbocycles.